The van der Waals surface area contributed by atoms with Crippen molar-refractivity contribution in [1.82, 2.24) is 4.72 Å². The molecule has 2 aliphatic heterocycles. The molecule has 0 bridgehead atoms. The molecule has 37 heavy (non-hydrogen) atoms. The van der Waals surface area contributed by atoms with Gasteiger partial charge in [0.05, 0.1) is 17.5 Å². The summed E-state index contributed by atoms with van der Waals surface area (Å²) < 4.78 is 29.4. The van der Waals surface area contributed by atoms with E-state index in [9.17, 15) is 13.2 Å². The number of allylic oxidation sites excluding steroid dienone is 2. The zero-order valence-corrected chi connectivity index (χ0v) is 23.7. The quantitative estimate of drug-likeness (QED) is 0.456. The third kappa shape index (κ3) is 5.79. The van der Waals surface area contributed by atoms with Crippen molar-refractivity contribution in [3.05, 3.63) is 77.0 Å². The Bertz CT molecular complexity index is 1330. The van der Waals surface area contributed by atoms with Gasteiger partial charge in [-0.15, -0.1) is 0 Å². The summed E-state index contributed by atoms with van der Waals surface area (Å²) in [6.07, 6.45) is 2.70. The van der Waals surface area contributed by atoms with Crippen molar-refractivity contribution in [2.45, 2.75) is 52.6 Å². The number of piperidine rings is 1. The van der Waals surface area contributed by atoms with Crippen molar-refractivity contribution >= 4 is 44.5 Å². The molecule has 8 heteroatoms. The smallest absolute Gasteiger partial charge is 0.227 e. The van der Waals surface area contributed by atoms with E-state index in [4.69, 9.17) is 11.6 Å². The minimum Gasteiger partial charge on any atom is -0.345 e. The molecule has 0 aromatic heterocycles. The van der Waals surface area contributed by atoms with Crippen molar-refractivity contribution in [2.24, 2.45) is 11.8 Å². The third-order valence-corrected chi connectivity index (χ3v) is 9.50. The number of anilines is 2. The molecule has 2 aromatic carbocycles. The number of nitrogens with zero attached hydrogens (tertiary/aromatic N) is 2. The first-order chi connectivity index (χ1) is 17.4. The predicted molar refractivity (Wildman–Crippen MR) is 153 cm³/mol. The molecule has 3 atom stereocenters. The molecule has 6 nitrogen and oxygen atoms in total. The largest absolute Gasteiger partial charge is 0.345 e. The molecule has 1 amide bonds. The number of fused-ring (bicyclic) bond motifs is 1. The van der Waals surface area contributed by atoms with E-state index in [1.165, 1.54) is 0 Å². The number of hydrogen-bond donors (Lipinski definition) is 1. The molecule has 1 unspecified atom stereocenters. The fourth-order valence-corrected chi connectivity index (χ4v) is 7.05. The van der Waals surface area contributed by atoms with Gasteiger partial charge in [0, 0.05) is 41.5 Å². The number of halogens is 1. The van der Waals surface area contributed by atoms with Crippen LogP contribution in [0.2, 0.25) is 5.02 Å². The Morgan fingerprint density at radius 1 is 1.14 bits per heavy atom. The number of sulfonamides is 1. The average Bonchev–Trinajstić information content (AvgIpc) is 2.83. The van der Waals surface area contributed by atoms with Gasteiger partial charge in [-0.2, -0.15) is 0 Å². The SMILES string of the molecule is C=C1C=C(C)c2ccc(N3C(=O)CC[C@H](NS(=O)(=O)CC(C)C(C)C)[C@H]3c3ccc(Cl)cc3)cc2N1C. The summed E-state index contributed by atoms with van der Waals surface area (Å²) >= 11 is 6.17. The van der Waals surface area contributed by atoms with E-state index in [-0.39, 0.29) is 29.9 Å². The standard InChI is InChI=1S/C29H36ClN3O3S/c1-18(2)20(4)17-37(35,36)31-26-13-14-28(34)33(29(26)22-7-9-23(30)10-8-22)24-11-12-25-19(3)15-21(5)32(6)27(25)16-24/h7-12,15-16,18,20,26,29,31H,5,13-14,17H2,1-4,6H3/t20?,26-,29+/m0/s1. The van der Waals surface area contributed by atoms with Crippen LogP contribution >= 0.6 is 11.6 Å². The lowest BCUT2D eigenvalue weighted by Crippen LogP contribution is -2.53. The van der Waals surface area contributed by atoms with Crippen LogP contribution in [-0.4, -0.2) is 33.2 Å². The number of benzene rings is 2. The van der Waals surface area contributed by atoms with Crippen LogP contribution in [0, 0.1) is 11.8 Å². The molecular weight excluding hydrogens is 506 g/mol. The molecule has 0 saturated carbocycles. The van der Waals surface area contributed by atoms with Gasteiger partial charge in [0.2, 0.25) is 15.9 Å². The molecule has 0 spiro atoms. The number of carbonyl (C=O) groups is 1. The van der Waals surface area contributed by atoms with Crippen LogP contribution in [0.25, 0.3) is 5.57 Å². The topological polar surface area (TPSA) is 69.7 Å². The van der Waals surface area contributed by atoms with Crippen molar-refractivity contribution < 1.29 is 13.2 Å². The van der Waals surface area contributed by atoms with Gasteiger partial charge in [-0.1, -0.05) is 57.2 Å². The second-order valence-electron chi connectivity index (χ2n) is 10.6. The maximum Gasteiger partial charge on any atom is 0.227 e. The lowest BCUT2D eigenvalue weighted by molar-refractivity contribution is -0.120. The van der Waals surface area contributed by atoms with Gasteiger partial charge in [-0.3, -0.25) is 4.79 Å². The second kappa shape index (κ2) is 10.6. The zero-order chi connectivity index (χ0) is 27.1. The molecule has 4 rings (SSSR count). The van der Waals surface area contributed by atoms with E-state index in [1.54, 1.807) is 17.0 Å². The Morgan fingerprint density at radius 3 is 2.46 bits per heavy atom. The Balaban J connectivity index is 1.78. The van der Waals surface area contributed by atoms with Gasteiger partial charge in [-0.25, -0.2) is 13.1 Å². The number of likely N-dealkylation sites (N-methyl/N-ethyl adjacent to an activating group) is 1. The van der Waals surface area contributed by atoms with Crippen molar-refractivity contribution in [3.63, 3.8) is 0 Å². The highest BCUT2D eigenvalue weighted by atomic mass is 35.5. The van der Waals surface area contributed by atoms with Crippen LogP contribution in [0.15, 0.2) is 60.8 Å². The molecule has 2 heterocycles. The number of amides is 1. The Morgan fingerprint density at radius 2 is 1.81 bits per heavy atom. The van der Waals surface area contributed by atoms with Crippen molar-refractivity contribution in [2.75, 3.05) is 22.6 Å². The summed E-state index contributed by atoms with van der Waals surface area (Å²) in [7, 11) is -1.62. The summed E-state index contributed by atoms with van der Waals surface area (Å²) in [6.45, 7) is 12.2. The van der Waals surface area contributed by atoms with Gasteiger partial charge >= 0.3 is 0 Å². The van der Waals surface area contributed by atoms with E-state index < -0.39 is 22.1 Å². The van der Waals surface area contributed by atoms with Gasteiger partial charge in [0.1, 0.15) is 0 Å². The van der Waals surface area contributed by atoms with Gasteiger partial charge in [0.15, 0.2) is 0 Å². The Hall–Kier alpha value is -2.61. The summed E-state index contributed by atoms with van der Waals surface area (Å²) in [6, 6.07) is 12.3. The summed E-state index contributed by atoms with van der Waals surface area (Å²) in [5.41, 5.74) is 5.55. The fraction of sp³-hybridized carbons (Fsp3) is 0.414. The van der Waals surface area contributed by atoms with Crippen LogP contribution in [0.5, 0.6) is 0 Å². The monoisotopic (exact) mass is 541 g/mol. The molecular formula is C29H36ClN3O3S. The fourth-order valence-electron chi connectivity index (χ4n) is 5.04. The summed E-state index contributed by atoms with van der Waals surface area (Å²) in [4.78, 5) is 17.2. The van der Waals surface area contributed by atoms with E-state index in [1.807, 2.05) is 76.1 Å². The van der Waals surface area contributed by atoms with Crippen molar-refractivity contribution in [1.29, 1.82) is 0 Å². The van der Waals surface area contributed by atoms with E-state index in [0.29, 0.717) is 11.4 Å². The Labute approximate surface area is 226 Å². The number of carbonyl (C=O) groups excluding carboxylic acids is 1. The lowest BCUT2D eigenvalue weighted by Gasteiger charge is -2.42. The first-order valence-electron chi connectivity index (χ1n) is 12.7. The summed E-state index contributed by atoms with van der Waals surface area (Å²) in [5, 5.41) is 0.580. The minimum absolute atomic E-state index is 0.00776. The normalized spacial score (nSPS) is 21.2. The van der Waals surface area contributed by atoms with Crippen LogP contribution < -0.4 is 14.5 Å². The third-order valence-electron chi connectivity index (χ3n) is 7.62. The average molecular weight is 542 g/mol. The van der Waals surface area contributed by atoms with E-state index in [0.717, 1.165) is 33.8 Å². The molecule has 1 fully saturated rings. The second-order valence-corrected chi connectivity index (χ2v) is 12.8. The van der Waals surface area contributed by atoms with E-state index in [2.05, 4.69) is 11.3 Å². The van der Waals surface area contributed by atoms with Gasteiger partial charge < -0.3 is 9.80 Å². The number of nitrogens with one attached hydrogen (secondary N) is 1. The first kappa shape index (κ1) is 27.4. The molecule has 0 aliphatic carbocycles. The highest BCUT2D eigenvalue weighted by molar-refractivity contribution is 7.89. The maximum atomic E-state index is 13.5. The van der Waals surface area contributed by atoms with Crippen LogP contribution in [0.4, 0.5) is 11.4 Å². The first-order valence-corrected chi connectivity index (χ1v) is 14.7. The van der Waals surface area contributed by atoms with Gasteiger partial charge in [-0.05, 0) is 66.7 Å². The Kier molecular flexibility index (Phi) is 7.88. The molecule has 1 saturated heterocycles. The number of hydrogen-bond acceptors (Lipinski definition) is 4. The highest BCUT2D eigenvalue weighted by Gasteiger charge is 2.40. The van der Waals surface area contributed by atoms with Crippen LogP contribution in [-0.2, 0) is 14.8 Å². The zero-order valence-electron chi connectivity index (χ0n) is 22.2. The molecule has 198 valence electrons. The van der Waals surface area contributed by atoms with Crippen LogP contribution in [0.3, 0.4) is 0 Å². The van der Waals surface area contributed by atoms with Crippen molar-refractivity contribution in [3.8, 4) is 0 Å². The lowest BCUT2D eigenvalue weighted by atomic mass is 9.89. The summed E-state index contributed by atoms with van der Waals surface area (Å²) in [5.74, 6) is 0.247. The van der Waals surface area contributed by atoms with Crippen LogP contribution in [0.1, 0.15) is 57.7 Å². The minimum atomic E-state index is -3.58. The highest BCUT2D eigenvalue weighted by Crippen LogP contribution is 2.41. The number of rotatable bonds is 7. The molecule has 0 radical (unpaired) electrons. The maximum absolute atomic E-state index is 13.5. The molecule has 1 N–H and O–H groups in total. The van der Waals surface area contributed by atoms with E-state index >= 15 is 0 Å². The molecule has 2 aliphatic rings. The van der Waals surface area contributed by atoms with Gasteiger partial charge in [0.25, 0.3) is 0 Å². The molecule has 2 aromatic rings. The predicted octanol–water partition coefficient (Wildman–Crippen LogP) is 6.16.